The maximum atomic E-state index is 11.9. The summed E-state index contributed by atoms with van der Waals surface area (Å²) in [6.45, 7) is 0. The van der Waals surface area contributed by atoms with Gasteiger partial charge >= 0.3 is 12.0 Å². The quantitative estimate of drug-likeness (QED) is 0.702. The number of carboxylic acids is 1. The molecule has 0 spiro atoms. The van der Waals surface area contributed by atoms with Crippen molar-refractivity contribution in [1.29, 1.82) is 5.26 Å². The van der Waals surface area contributed by atoms with Gasteiger partial charge in [-0.25, -0.2) is 9.59 Å². The molecule has 1 atom stereocenters. The average molecular weight is 290 g/mol. The molecule has 21 heavy (non-hydrogen) atoms. The Hall–Kier alpha value is -3.08. The van der Waals surface area contributed by atoms with Crippen LogP contribution < -0.4 is 16.0 Å². The zero-order valence-corrected chi connectivity index (χ0v) is 11.2. The molecule has 0 fully saturated rings. The zero-order chi connectivity index (χ0) is 16.0. The number of anilines is 1. The molecule has 110 valence electrons. The third-order valence-corrected chi connectivity index (χ3v) is 2.69. The number of carbonyl (C=O) groups is 3. The Balaban J connectivity index is 2.78. The average Bonchev–Trinajstić information content (AvgIpc) is 2.45. The van der Waals surface area contributed by atoms with Crippen LogP contribution >= 0.6 is 0 Å². The number of amides is 3. The molecule has 1 rings (SSSR count). The fourth-order valence-electron chi connectivity index (χ4n) is 1.52. The van der Waals surface area contributed by atoms with E-state index in [1.54, 1.807) is 12.1 Å². The van der Waals surface area contributed by atoms with Gasteiger partial charge in [-0.1, -0.05) is 0 Å². The number of nitrogens with two attached hydrogens (primary N) is 1. The fourth-order valence-corrected chi connectivity index (χ4v) is 1.52. The summed E-state index contributed by atoms with van der Waals surface area (Å²) in [6, 6.07) is 5.99. The van der Waals surface area contributed by atoms with E-state index in [1.165, 1.54) is 19.2 Å². The first-order valence-electron chi connectivity index (χ1n) is 5.90. The Morgan fingerprint density at radius 1 is 1.38 bits per heavy atom. The normalized spacial score (nSPS) is 11.0. The number of carbonyl (C=O) groups excluding carboxylic acids is 2. The molecular formula is C13H14N4O4. The molecular weight excluding hydrogens is 276 g/mol. The number of nitriles is 1. The largest absolute Gasteiger partial charge is 0.480 e. The van der Waals surface area contributed by atoms with Crippen molar-refractivity contribution in [2.24, 2.45) is 5.73 Å². The standard InChI is InChI=1S/C13H14N4O4/c1-17(9-4-2-8(7-14)3-5-9)13(21)16-10(12(19)20)6-11(15)18/h2-5,10H,6H2,1H3,(H2,15,18)(H,16,21)(H,19,20)/t10-/m1/s1. The second kappa shape index (κ2) is 6.91. The van der Waals surface area contributed by atoms with E-state index in [-0.39, 0.29) is 0 Å². The van der Waals surface area contributed by atoms with E-state index in [1.807, 2.05) is 6.07 Å². The van der Waals surface area contributed by atoms with Crippen molar-refractivity contribution in [3.8, 4) is 6.07 Å². The Morgan fingerprint density at radius 2 is 1.95 bits per heavy atom. The first kappa shape index (κ1) is 16.0. The minimum atomic E-state index is -1.39. The number of carboxylic acid groups (broad SMARTS) is 1. The van der Waals surface area contributed by atoms with Crippen LogP contribution in [0.1, 0.15) is 12.0 Å². The van der Waals surface area contributed by atoms with Crippen molar-refractivity contribution < 1.29 is 19.5 Å². The topological polar surface area (TPSA) is 137 Å². The molecule has 0 bridgehead atoms. The molecule has 0 heterocycles. The molecule has 0 unspecified atom stereocenters. The van der Waals surface area contributed by atoms with Gasteiger partial charge < -0.3 is 16.2 Å². The molecule has 4 N–H and O–H groups in total. The number of hydrogen-bond donors (Lipinski definition) is 3. The molecule has 0 aliphatic carbocycles. The van der Waals surface area contributed by atoms with Crippen LogP contribution in [0, 0.1) is 11.3 Å². The summed E-state index contributed by atoms with van der Waals surface area (Å²) < 4.78 is 0. The van der Waals surface area contributed by atoms with Crippen LogP contribution in [-0.4, -0.2) is 36.1 Å². The maximum Gasteiger partial charge on any atom is 0.326 e. The van der Waals surface area contributed by atoms with Crippen LogP contribution in [0.5, 0.6) is 0 Å². The highest BCUT2D eigenvalue weighted by atomic mass is 16.4. The molecule has 0 aliphatic heterocycles. The number of rotatable bonds is 5. The smallest absolute Gasteiger partial charge is 0.326 e. The SMILES string of the molecule is CN(C(=O)N[C@H](CC(N)=O)C(=O)O)c1ccc(C#N)cc1. The van der Waals surface area contributed by atoms with E-state index in [0.717, 1.165) is 4.90 Å². The fraction of sp³-hybridized carbons (Fsp3) is 0.231. The second-order valence-electron chi connectivity index (χ2n) is 4.23. The summed E-state index contributed by atoms with van der Waals surface area (Å²) in [5.41, 5.74) is 5.83. The van der Waals surface area contributed by atoms with Crippen molar-refractivity contribution >= 4 is 23.6 Å². The monoisotopic (exact) mass is 290 g/mol. The highest BCUT2D eigenvalue weighted by Crippen LogP contribution is 2.13. The summed E-state index contributed by atoms with van der Waals surface area (Å²) in [5, 5.41) is 19.8. The molecule has 8 heteroatoms. The van der Waals surface area contributed by atoms with Gasteiger partial charge in [0.15, 0.2) is 0 Å². The van der Waals surface area contributed by atoms with E-state index in [0.29, 0.717) is 11.3 Å². The molecule has 0 saturated heterocycles. The van der Waals surface area contributed by atoms with E-state index >= 15 is 0 Å². The Labute approximate surface area is 120 Å². The van der Waals surface area contributed by atoms with Gasteiger partial charge in [-0.15, -0.1) is 0 Å². The summed E-state index contributed by atoms with van der Waals surface area (Å²) >= 11 is 0. The van der Waals surface area contributed by atoms with Crippen LogP contribution in [0.2, 0.25) is 0 Å². The number of nitrogens with one attached hydrogen (secondary N) is 1. The number of hydrogen-bond acceptors (Lipinski definition) is 4. The molecule has 1 aromatic rings. The van der Waals surface area contributed by atoms with Crippen LogP contribution in [0.25, 0.3) is 0 Å². The maximum absolute atomic E-state index is 11.9. The van der Waals surface area contributed by atoms with Crippen molar-refractivity contribution in [3.63, 3.8) is 0 Å². The summed E-state index contributed by atoms with van der Waals surface area (Å²) in [5.74, 6) is -2.18. The lowest BCUT2D eigenvalue weighted by atomic mass is 10.2. The summed E-state index contributed by atoms with van der Waals surface area (Å²) in [4.78, 5) is 34.8. The van der Waals surface area contributed by atoms with E-state index in [2.05, 4.69) is 5.32 Å². The first-order chi connectivity index (χ1) is 9.85. The van der Waals surface area contributed by atoms with Crippen LogP contribution in [0.15, 0.2) is 24.3 Å². The predicted molar refractivity (Wildman–Crippen MR) is 73.3 cm³/mol. The van der Waals surface area contributed by atoms with Crippen LogP contribution in [0.4, 0.5) is 10.5 Å². The van der Waals surface area contributed by atoms with Crippen molar-refractivity contribution in [3.05, 3.63) is 29.8 Å². The number of primary amides is 1. The molecule has 1 aromatic carbocycles. The van der Waals surface area contributed by atoms with Gasteiger partial charge in [0.25, 0.3) is 0 Å². The lowest BCUT2D eigenvalue weighted by molar-refractivity contribution is -0.140. The lowest BCUT2D eigenvalue weighted by Gasteiger charge is -2.21. The Bertz CT molecular complexity index is 591. The highest BCUT2D eigenvalue weighted by Gasteiger charge is 2.24. The number of nitrogens with zero attached hydrogens (tertiary/aromatic N) is 2. The molecule has 0 aromatic heterocycles. The van der Waals surface area contributed by atoms with Gasteiger partial charge in [-0.05, 0) is 24.3 Å². The third-order valence-electron chi connectivity index (χ3n) is 2.69. The third kappa shape index (κ3) is 4.50. The first-order valence-corrected chi connectivity index (χ1v) is 5.90. The van der Waals surface area contributed by atoms with E-state index in [9.17, 15) is 14.4 Å². The second-order valence-corrected chi connectivity index (χ2v) is 4.23. The van der Waals surface area contributed by atoms with E-state index in [4.69, 9.17) is 16.1 Å². The molecule has 8 nitrogen and oxygen atoms in total. The molecule has 0 radical (unpaired) electrons. The van der Waals surface area contributed by atoms with Gasteiger partial charge in [-0.3, -0.25) is 9.69 Å². The van der Waals surface area contributed by atoms with Gasteiger partial charge in [0.05, 0.1) is 18.1 Å². The lowest BCUT2D eigenvalue weighted by Crippen LogP contribution is -2.48. The minimum Gasteiger partial charge on any atom is -0.480 e. The van der Waals surface area contributed by atoms with Crippen molar-refractivity contribution in [1.82, 2.24) is 5.32 Å². The highest BCUT2D eigenvalue weighted by molar-refractivity contribution is 5.95. The Kier molecular flexibility index (Phi) is 5.25. The predicted octanol–water partition coefficient (Wildman–Crippen LogP) is 0.0327. The van der Waals surface area contributed by atoms with Gasteiger partial charge in [0.1, 0.15) is 6.04 Å². The Morgan fingerprint density at radius 3 is 2.38 bits per heavy atom. The van der Waals surface area contributed by atoms with Gasteiger partial charge in [0.2, 0.25) is 5.91 Å². The van der Waals surface area contributed by atoms with Gasteiger partial charge in [-0.2, -0.15) is 5.26 Å². The molecule has 0 aliphatic rings. The number of urea groups is 1. The summed E-state index contributed by atoms with van der Waals surface area (Å²) in [6.07, 6.45) is -0.498. The van der Waals surface area contributed by atoms with Crippen molar-refractivity contribution in [2.45, 2.75) is 12.5 Å². The number of benzene rings is 1. The van der Waals surface area contributed by atoms with Crippen LogP contribution in [-0.2, 0) is 9.59 Å². The molecule has 3 amide bonds. The minimum absolute atomic E-state index is 0.435. The van der Waals surface area contributed by atoms with Crippen LogP contribution in [0.3, 0.4) is 0 Å². The van der Waals surface area contributed by atoms with Crippen molar-refractivity contribution in [2.75, 3.05) is 11.9 Å². The van der Waals surface area contributed by atoms with E-state index < -0.39 is 30.4 Å². The summed E-state index contributed by atoms with van der Waals surface area (Å²) in [7, 11) is 1.43. The zero-order valence-electron chi connectivity index (χ0n) is 11.2. The number of aliphatic carboxylic acids is 1. The molecule has 0 saturated carbocycles. The van der Waals surface area contributed by atoms with Gasteiger partial charge in [0, 0.05) is 12.7 Å².